The molecular formula is C12H11BrClNO3S. The predicted octanol–water partition coefficient (Wildman–Crippen LogP) is 2.46. The van der Waals surface area contributed by atoms with E-state index >= 15 is 0 Å². The highest BCUT2D eigenvalue weighted by Crippen LogP contribution is 2.45. The molecule has 0 radical (unpaired) electrons. The Balaban J connectivity index is 2.46. The van der Waals surface area contributed by atoms with Crippen LogP contribution < -0.4 is 0 Å². The zero-order valence-corrected chi connectivity index (χ0v) is 13.0. The van der Waals surface area contributed by atoms with Gasteiger partial charge in [-0.2, -0.15) is 5.26 Å². The van der Waals surface area contributed by atoms with Crippen LogP contribution in [-0.4, -0.2) is 25.0 Å². The molecule has 0 aliphatic carbocycles. The number of nitriles is 1. The Labute approximate surface area is 125 Å². The molecule has 0 aromatic heterocycles. The van der Waals surface area contributed by atoms with Crippen molar-refractivity contribution < 1.29 is 13.5 Å². The second kappa shape index (κ2) is 5.06. The number of hydrogen-bond acceptors (Lipinski definition) is 4. The van der Waals surface area contributed by atoms with Crippen molar-refractivity contribution >= 4 is 37.4 Å². The molecule has 1 fully saturated rings. The van der Waals surface area contributed by atoms with Gasteiger partial charge in [-0.25, -0.2) is 8.42 Å². The molecule has 1 heterocycles. The van der Waals surface area contributed by atoms with Crippen molar-refractivity contribution in [3.05, 3.63) is 33.3 Å². The summed E-state index contributed by atoms with van der Waals surface area (Å²) in [4.78, 5) is 0. The van der Waals surface area contributed by atoms with Gasteiger partial charge in [0.2, 0.25) is 0 Å². The normalized spacial score (nSPS) is 26.8. The van der Waals surface area contributed by atoms with Gasteiger partial charge in [-0.05, 0) is 24.6 Å². The molecule has 1 N–H and O–H groups in total. The maximum atomic E-state index is 11.6. The summed E-state index contributed by atoms with van der Waals surface area (Å²) in [6, 6.07) is 6.89. The number of aliphatic hydroxyl groups excluding tert-OH is 1. The van der Waals surface area contributed by atoms with Gasteiger partial charge in [0.05, 0.1) is 17.6 Å². The molecule has 19 heavy (non-hydrogen) atoms. The summed E-state index contributed by atoms with van der Waals surface area (Å²) >= 11 is 9.28. The Bertz CT molecular complexity index is 655. The number of nitrogens with zero attached hydrogens (tertiary/aromatic N) is 1. The van der Waals surface area contributed by atoms with E-state index in [1.165, 1.54) is 0 Å². The lowest BCUT2D eigenvalue weighted by Gasteiger charge is -2.26. The summed E-state index contributed by atoms with van der Waals surface area (Å²) in [6.07, 6.45) is -1.10. The van der Waals surface area contributed by atoms with E-state index in [1.807, 2.05) is 6.07 Å². The minimum Gasteiger partial charge on any atom is -0.387 e. The maximum absolute atomic E-state index is 11.6. The molecule has 1 aromatic carbocycles. The lowest BCUT2D eigenvalue weighted by Crippen LogP contribution is -2.29. The molecule has 2 atom stereocenters. The van der Waals surface area contributed by atoms with Crippen LogP contribution in [0.2, 0.25) is 5.02 Å². The van der Waals surface area contributed by atoms with Crippen LogP contribution in [0, 0.1) is 16.7 Å². The van der Waals surface area contributed by atoms with Crippen LogP contribution in [0.15, 0.2) is 22.7 Å². The zero-order chi connectivity index (χ0) is 14.3. The molecule has 1 aliphatic heterocycles. The van der Waals surface area contributed by atoms with Crippen LogP contribution in [0.25, 0.3) is 0 Å². The molecule has 1 aromatic rings. The van der Waals surface area contributed by atoms with E-state index < -0.39 is 21.4 Å². The Kier molecular flexibility index (Phi) is 3.94. The molecule has 0 saturated carbocycles. The van der Waals surface area contributed by atoms with Crippen molar-refractivity contribution in [3.8, 4) is 6.07 Å². The Morgan fingerprint density at radius 1 is 1.53 bits per heavy atom. The monoisotopic (exact) mass is 363 g/mol. The van der Waals surface area contributed by atoms with Crippen LogP contribution in [0.4, 0.5) is 0 Å². The van der Waals surface area contributed by atoms with Crippen LogP contribution >= 0.6 is 27.5 Å². The Morgan fingerprint density at radius 2 is 2.21 bits per heavy atom. The predicted molar refractivity (Wildman–Crippen MR) is 75.4 cm³/mol. The number of sulfone groups is 1. The van der Waals surface area contributed by atoms with E-state index in [9.17, 15) is 18.8 Å². The van der Waals surface area contributed by atoms with Crippen LogP contribution in [0.3, 0.4) is 0 Å². The molecule has 0 spiro atoms. The van der Waals surface area contributed by atoms with Crippen molar-refractivity contribution in [2.45, 2.75) is 12.5 Å². The van der Waals surface area contributed by atoms with Gasteiger partial charge in [0, 0.05) is 15.1 Å². The molecule has 1 saturated heterocycles. The minimum atomic E-state index is -3.28. The summed E-state index contributed by atoms with van der Waals surface area (Å²) in [5, 5.41) is 20.0. The summed E-state index contributed by atoms with van der Waals surface area (Å²) in [5.41, 5.74) is -0.946. The molecule has 102 valence electrons. The van der Waals surface area contributed by atoms with Crippen molar-refractivity contribution in [3.63, 3.8) is 0 Å². The first-order valence-electron chi connectivity index (χ1n) is 5.54. The van der Waals surface area contributed by atoms with Crippen molar-refractivity contribution in [1.29, 1.82) is 5.26 Å². The van der Waals surface area contributed by atoms with Gasteiger partial charge in [0.25, 0.3) is 0 Å². The van der Waals surface area contributed by atoms with Gasteiger partial charge < -0.3 is 5.11 Å². The first-order chi connectivity index (χ1) is 8.80. The third kappa shape index (κ3) is 2.79. The molecule has 7 heteroatoms. The Hall–Kier alpha value is -0.610. The summed E-state index contributed by atoms with van der Waals surface area (Å²) in [6.45, 7) is 0. The third-order valence-electron chi connectivity index (χ3n) is 3.34. The fraction of sp³-hybridized carbons (Fsp3) is 0.417. The number of hydrogen-bond donors (Lipinski definition) is 1. The smallest absolute Gasteiger partial charge is 0.152 e. The fourth-order valence-electron chi connectivity index (χ4n) is 2.26. The van der Waals surface area contributed by atoms with Gasteiger partial charge in [0.15, 0.2) is 9.84 Å². The number of aliphatic hydroxyl groups is 1. The molecule has 0 bridgehead atoms. The van der Waals surface area contributed by atoms with E-state index in [0.717, 1.165) is 0 Å². The van der Waals surface area contributed by atoms with E-state index in [-0.39, 0.29) is 17.9 Å². The number of rotatable bonds is 2. The van der Waals surface area contributed by atoms with Gasteiger partial charge >= 0.3 is 0 Å². The fourth-order valence-corrected chi connectivity index (χ4v) is 4.83. The highest BCUT2D eigenvalue weighted by atomic mass is 79.9. The number of benzene rings is 1. The lowest BCUT2D eigenvalue weighted by atomic mass is 9.80. The second-order valence-electron chi connectivity index (χ2n) is 4.68. The molecule has 2 unspecified atom stereocenters. The van der Waals surface area contributed by atoms with Crippen LogP contribution in [0.5, 0.6) is 0 Å². The SMILES string of the molecule is N#CC1(C(O)c2cc(Br)ccc2Cl)CCS(=O)(=O)C1. The van der Waals surface area contributed by atoms with Crippen molar-refractivity contribution in [2.24, 2.45) is 5.41 Å². The summed E-state index contributed by atoms with van der Waals surface area (Å²) < 4.78 is 23.9. The minimum absolute atomic E-state index is 0.0801. The van der Waals surface area contributed by atoms with Gasteiger partial charge in [-0.1, -0.05) is 27.5 Å². The van der Waals surface area contributed by atoms with Gasteiger partial charge in [-0.15, -0.1) is 0 Å². The van der Waals surface area contributed by atoms with Gasteiger partial charge in [0.1, 0.15) is 11.5 Å². The summed E-state index contributed by atoms with van der Waals surface area (Å²) in [7, 11) is -3.28. The quantitative estimate of drug-likeness (QED) is 0.874. The third-order valence-corrected chi connectivity index (χ3v) is 5.95. The van der Waals surface area contributed by atoms with E-state index in [0.29, 0.717) is 15.1 Å². The van der Waals surface area contributed by atoms with E-state index in [1.54, 1.807) is 18.2 Å². The standard InChI is InChI=1S/C12H11BrClNO3S/c13-8-1-2-10(14)9(5-8)11(16)12(6-15)3-4-19(17,18)7-12/h1-2,5,11,16H,3-4,7H2. The highest BCUT2D eigenvalue weighted by Gasteiger charge is 2.49. The average Bonchev–Trinajstić information content (AvgIpc) is 2.68. The summed E-state index contributed by atoms with van der Waals surface area (Å²) in [5.74, 6) is -0.413. The molecule has 0 amide bonds. The molecule has 4 nitrogen and oxygen atoms in total. The lowest BCUT2D eigenvalue weighted by molar-refractivity contribution is 0.0794. The topological polar surface area (TPSA) is 78.2 Å². The molecule has 2 rings (SSSR count). The maximum Gasteiger partial charge on any atom is 0.152 e. The molecular weight excluding hydrogens is 354 g/mol. The largest absolute Gasteiger partial charge is 0.387 e. The first-order valence-corrected chi connectivity index (χ1v) is 8.54. The van der Waals surface area contributed by atoms with Gasteiger partial charge in [-0.3, -0.25) is 0 Å². The highest BCUT2D eigenvalue weighted by molar-refractivity contribution is 9.10. The Morgan fingerprint density at radius 3 is 2.74 bits per heavy atom. The average molecular weight is 365 g/mol. The second-order valence-corrected chi connectivity index (χ2v) is 8.19. The van der Waals surface area contributed by atoms with Crippen molar-refractivity contribution in [1.82, 2.24) is 0 Å². The zero-order valence-electron chi connectivity index (χ0n) is 9.81. The number of halogens is 2. The van der Waals surface area contributed by atoms with E-state index in [2.05, 4.69) is 15.9 Å². The van der Waals surface area contributed by atoms with Crippen LogP contribution in [-0.2, 0) is 9.84 Å². The molecule has 1 aliphatic rings. The van der Waals surface area contributed by atoms with Crippen LogP contribution in [0.1, 0.15) is 18.1 Å². The van der Waals surface area contributed by atoms with Crippen molar-refractivity contribution in [2.75, 3.05) is 11.5 Å². The van der Waals surface area contributed by atoms with E-state index in [4.69, 9.17) is 11.6 Å². The first kappa shape index (κ1) is 14.8.